The lowest BCUT2D eigenvalue weighted by Gasteiger charge is -2.28. The molecule has 0 aliphatic heterocycles. The summed E-state index contributed by atoms with van der Waals surface area (Å²) in [6, 6.07) is -2.02. The third kappa shape index (κ3) is 5.55. The van der Waals surface area contributed by atoms with Crippen molar-refractivity contribution in [3.8, 4) is 0 Å². The van der Waals surface area contributed by atoms with E-state index in [1.165, 1.54) is 0 Å². The summed E-state index contributed by atoms with van der Waals surface area (Å²) in [5.41, 5.74) is -3.51. The fourth-order valence-electron chi connectivity index (χ4n) is 0.868. The first kappa shape index (κ1) is 9.89. The van der Waals surface area contributed by atoms with E-state index in [4.69, 9.17) is 14.0 Å². The molecule has 0 radical (unpaired) electrons. The summed E-state index contributed by atoms with van der Waals surface area (Å²) in [5.74, 6) is -1.67. The summed E-state index contributed by atoms with van der Waals surface area (Å²) in [7, 11) is 0. The molecule has 0 saturated carbocycles. The lowest BCUT2D eigenvalue weighted by Crippen LogP contribution is -2.54. The molecular formula is C10H19NO5. The maximum atomic E-state index is 11.5. The third-order valence-electron chi connectivity index (χ3n) is 1.47. The summed E-state index contributed by atoms with van der Waals surface area (Å²) in [6.45, 7) is 2.51. The predicted molar refractivity (Wildman–Crippen MR) is 57.1 cm³/mol. The molecule has 0 aromatic carbocycles. The number of hydrogen-bond donors (Lipinski definition) is 3. The van der Waals surface area contributed by atoms with Crippen molar-refractivity contribution in [2.75, 3.05) is 0 Å². The van der Waals surface area contributed by atoms with Crippen LogP contribution in [0.2, 0.25) is 0 Å². The molecule has 3 N–H and O–H groups in total. The summed E-state index contributed by atoms with van der Waals surface area (Å²) in [5, 5.41) is 20.6. The van der Waals surface area contributed by atoms with Gasteiger partial charge >= 0.3 is 12.1 Å². The Morgan fingerprint density at radius 1 is 1.38 bits per heavy atom. The van der Waals surface area contributed by atoms with Gasteiger partial charge in [-0.25, -0.2) is 9.59 Å². The Morgan fingerprint density at radius 3 is 2.19 bits per heavy atom. The molecule has 6 nitrogen and oxygen atoms in total. The van der Waals surface area contributed by atoms with Gasteiger partial charge in [0.2, 0.25) is 0 Å². The van der Waals surface area contributed by atoms with E-state index >= 15 is 0 Å². The van der Waals surface area contributed by atoms with Gasteiger partial charge in [-0.15, -0.1) is 0 Å². The largest absolute Gasteiger partial charge is 0.480 e. The first-order chi connectivity index (χ1) is 8.18. The highest BCUT2D eigenvalue weighted by Gasteiger charge is 2.35. The first-order valence-electron chi connectivity index (χ1n) is 6.13. The van der Waals surface area contributed by atoms with Crippen LogP contribution in [0.1, 0.15) is 38.7 Å². The fourth-order valence-corrected chi connectivity index (χ4v) is 0.868. The van der Waals surface area contributed by atoms with Crippen LogP contribution < -0.4 is 5.32 Å². The third-order valence-corrected chi connectivity index (χ3v) is 1.47. The van der Waals surface area contributed by atoms with Crippen molar-refractivity contribution in [2.24, 2.45) is 0 Å². The number of carbonyl (C=O) groups is 2. The zero-order valence-corrected chi connectivity index (χ0v) is 9.70. The van der Waals surface area contributed by atoms with Crippen LogP contribution in [0.15, 0.2) is 0 Å². The van der Waals surface area contributed by atoms with Gasteiger partial charge in [-0.1, -0.05) is 0 Å². The Labute approximate surface area is 98.8 Å². The SMILES string of the molecule is [2H]C([2H])([2H])[C@@](C)(O)[C@H](NC(=O)OC(C)(C)C)C(=O)O. The lowest BCUT2D eigenvalue weighted by molar-refractivity contribution is -0.145. The van der Waals surface area contributed by atoms with Gasteiger partial charge in [0.1, 0.15) is 5.60 Å². The van der Waals surface area contributed by atoms with Crippen molar-refractivity contribution < 1.29 is 28.7 Å². The van der Waals surface area contributed by atoms with E-state index in [1.54, 1.807) is 20.8 Å². The molecule has 16 heavy (non-hydrogen) atoms. The van der Waals surface area contributed by atoms with E-state index in [9.17, 15) is 14.7 Å². The van der Waals surface area contributed by atoms with E-state index < -0.39 is 36.2 Å². The van der Waals surface area contributed by atoms with Gasteiger partial charge in [0.05, 0.1) is 5.60 Å². The Hall–Kier alpha value is -1.30. The molecule has 0 bridgehead atoms. The summed E-state index contributed by atoms with van der Waals surface area (Å²) in [6.07, 6.45) is -1.12. The quantitative estimate of drug-likeness (QED) is 0.671. The summed E-state index contributed by atoms with van der Waals surface area (Å²) < 4.78 is 26.1. The molecule has 1 amide bonds. The lowest BCUT2D eigenvalue weighted by atomic mass is 9.99. The van der Waals surface area contributed by atoms with E-state index in [-0.39, 0.29) is 0 Å². The summed E-state index contributed by atoms with van der Waals surface area (Å²) in [4.78, 5) is 22.5. The highest BCUT2D eigenvalue weighted by molar-refractivity contribution is 5.81. The second-order valence-electron chi connectivity index (χ2n) is 4.57. The zero-order chi connectivity index (χ0) is 15.6. The van der Waals surface area contributed by atoms with Crippen molar-refractivity contribution in [1.29, 1.82) is 0 Å². The van der Waals surface area contributed by atoms with Crippen LogP contribution in [0.3, 0.4) is 0 Å². The number of rotatable bonds is 3. The molecule has 94 valence electrons. The van der Waals surface area contributed by atoms with Crippen LogP contribution in [0, 0.1) is 0 Å². The topological polar surface area (TPSA) is 95.9 Å². The number of nitrogens with one attached hydrogen (secondary N) is 1. The maximum Gasteiger partial charge on any atom is 0.408 e. The van der Waals surface area contributed by atoms with E-state index in [0.717, 1.165) is 6.92 Å². The number of hydrogen-bond acceptors (Lipinski definition) is 4. The molecule has 0 saturated heterocycles. The molecule has 0 aromatic rings. The number of carboxylic acid groups (broad SMARTS) is 1. The highest BCUT2D eigenvalue weighted by Crippen LogP contribution is 2.11. The minimum atomic E-state index is -2.98. The second-order valence-corrected chi connectivity index (χ2v) is 4.57. The number of alkyl carbamates (subject to hydrolysis) is 1. The normalized spacial score (nSPS) is 20.7. The molecule has 0 unspecified atom stereocenters. The fraction of sp³-hybridized carbons (Fsp3) is 0.800. The second kappa shape index (κ2) is 4.69. The van der Waals surface area contributed by atoms with Gasteiger partial charge in [-0.3, -0.25) is 0 Å². The number of carbonyl (C=O) groups excluding carboxylic acids is 1. The van der Waals surface area contributed by atoms with Gasteiger partial charge in [0.25, 0.3) is 0 Å². The Morgan fingerprint density at radius 2 is 1.88 bits per heavy atom. The first-order valence-corrected chi connectivity index (χ1v) is 4.63. The molecule has 0 spiro atoms. The number of aliphatic carboxylic acids is 1. The van der Waals surface area contributed by atoms with Crippen LogP contribution in [0.4, 0.5) is 4.79 Å². The standard InChI is InChI=1S/C10H19NO5/c1-9(2,3)16-8(14)11-6(7(12)13)10(4,5)15/h6,15H,1-5H3,(H,11,14)(H,12,13)/t6-/m1/s1/i4D3/t6-,10+. The maximum absolute atomic E-state index is 11.5. The Kier molecular flexibility index (Phi) is 2.90. The average Bonchev–Trinajstić information content (AvgIpc) is 2.08. The Balaban J connectivity index is 5.07. The van der Waals surface area contributed by atoms with Crippen LogP contribution in [0.25, 0.3) is 0 Å². The molecule has 0 aliphatic carbocycles. The van der Waals surface area contributed by atoms with Gasteiger partial charge < -0.3 is 20.3 Å². The molecule has 0 heterocycles. The van der Waals surface area contributed by atoms with Crippen molar-refractivity contribution >= 4 is 12.1 Å². The van der Waals surface area contributed by atoms with E-state index in [0.29, 0.717) is 0 Å². The number of aliphatic hydroxyl groups is 1. The van der Waals surface area contributed by atoms with Crippen molar-refractivity contribution in [3.05, 3.63) is 0 Å². The van der Waals surface area contributed by atoms with E-state index in [1.807, 2.05) is 5.32 Å². The molecule has 0 rings (SSSR count). The van der Waals surface area contributed by atoms with Crippen LogP contribution in [-0.4, -0.2) is 39.5 Å². The van der Waals surface area contributed by atoms with Gasteiger partial charge in [0, 0.05) is 4.11 Å². The number of ether oxygens (including phenoxy) is 1. The smallest absolute Gasteiger partial charge is 0.408 e. The molecule has 6 heteroatoms. The van der Waals surface area contributed by atoms with Gasteiger partial charge in [-0.2, -0.15) is 0 Å². The molecule has 2 atom stereocenters. The van der Waals surface area contributed by atoms with Crippen molar-refractivity contribution in [1.82, 2.24) is 5.32 Å². The molecule has 0 aromatic heterocycles. The average molecular weight is 236 g/mol. The predicted octanol–water partition coefficient (Wildman–Crippen LogP) is 0.735. The zero-order valence-electron chi connectivity index (χ0n) is 12.7. The van der Waals surface area contributed by atoms with E-state index in [2.05, 4.69) is 0 Å². The van der Waals surface area contributed by atoms with Crippen LogP contribution in [-0.2, 0) is 9.53 Å². The Bertz CT molecular complexity index is 359. The minimum absolute atomic E-state index is 0.816. The van der Waals surface area contributed by atoms with Gasteiger partial charge in [0.15, 0.2) is 6.04 Å². The van der Waals surface area contributed by atoms with Crippen molar-refractivity contribution in [2.45, 2.75) is 51.8 Å². The van der Waals surface area contributed by atoms with Gasteiger partial charge in [-0.05, 0) is 34.5 Å². The molecular weight excluding hydrogens is 214 g/mol. The van der Waals surface area contributed by atoms with Crippen molar-refractivity contribution in [3.63, 3.8) is 0 Å². The molecule has 0 fully saturated rings. The summed E-state index contributed by atoms with van der Waals surface area (Å²) >= 11 is 0. The minimum Gasteiger partial charge on any atom is -0.480 e. The monoisotopic (exact) mass is 236 g/mol. The van der Waals surface area contributed by atoms with Crippen LogP contribution >= 0.6 is 0 Å². The highest BCUT2D eigenvalue weighted by atomic mass is 16.6. The number of carboxylic acids is 1. The molecule has 0 aliphatic rings. The van der Waals surface area contributed by atoms with Crippen LogP contribution in [0.5, 0.6) is 0 Å². The number of amides is 1.